The quantitative estimate of drug-likeness (QED) is 0.866. The Morgan fingerprint density at radius 2 is 2.41 bits per heavy atom. The standard InChI is InChI=1S/C13H19ClN2O/c1-10-2-3-11(14)8-13(10)16-5-4-12-9-15-6-7-17-12/h2-3,8,12,15-16H,4-7,9H2,1H3. The number of ether oxygens (including phenoxy) is 1. The fourth-order valence-corrected chi connectivity index (χ4v) is 2.13. The summed E-state index contributed by atoms with van der Waals surface area (Å²) in [6.45, 7) is 5.74. The maximum absolute atomic E-state index is 5.97. The van der Waals surface area contributed by atoms with Crippen molar-refractivity contribution in [2.45, 2.75) is 19.4 Å². The van der Waals surface area contributed by atoms with Crippen LogP contribution in [0.3, 0.4) is 0 Å². The van der Waals surface area contributed by atoms with Crippen molar-refractivity contribution in [3.05, 3.63) is 28.8 Å². The van der Waals surface area contributed by atoms with E-state index in [4.69, 9.17) is 16.3 Å². The first kappa shape index (κ1) is 12.7. The number of halogens is 1. The lowest BCUT2D eigenvalue weighted by atomic mass is 10.2. The van der Waals surface area contributed by atoms with Gasteiger partial charge in [0.15, 0.2) is 0 Å². The highest BCUT2D eigenvalue weighted by atomic mass is 35.5. The molecule has 17 heavy (non-hydrogen) atoms. The number of benzene rings is 1. The van der Waals surface area contributed by atoms with Gasteiger partial charge in [0, 0.05) is 30.3 Å². The van der Waals surface area contributed by atoms with Crippen molar-refractivity contribution >= 4 is 17.3 Å². The molecule has 2 N–H and O–H groups in total. The Kier molecular flexibility index (Phi) is 4.66. The minimum Gasteiger partial charge on any atom is -0.385 e. The van der Waals surface area contributed by atoms with Crippen LogP contribution in [0.5, 0.6) is 0 Å². The SMILES string of the molecule is Cc1ccc(Cl)cc1NCCC1CNCCO1. The maximum atomic E-state index is 5.97. The summed E-state index contributed by atoms with van der Waals surface area (Å²) in [6, 6.07) is 5.91. The van der Waals surface area contributed by atoms with Crippen LogP contribution in [-0.2, 0) is 4.74 Å². The second-order valence-electron chi connectivity index (χ2n) is 4.37. The van der Waals surface area contributed by atoms with E-state index in [1.54, 1.807) is 0 Å². The van der Waals surface area contributed by atoms with Crippen molar-refractivity contribution in [1.82, 2.24) is 5.32 Å². The minimum atomic E-state index is 0.329. The molecule has 1 atom stereocenters. The first-order valence-electron chi connectivity index (χ1n) is 6.08. The van der Waals surface area contributed by atoms with E-state index in [1.165, 1.54) is 5.56 Å². The zero-order valence-corrected chi connectivity index (χ0v) is 10.9. The highest BCUT2D eigenvalue weighted by molar-refractivity contribution is 6.30. The van der Waals surface area contributed by atoms with Crippen LogP contribution in [0.2, 0.25) is 5.02 Å². The summed E-state index contributed by atoms with van der Waals surface area (Å²) in [5.74, 6) is 0. The fraction of sp³-hybridized carbons (Fsp3) is 0.538. The molecule has 0 spiro atoms. The number of morpholine rings is 1. The van der Waals surface area contributed by atoms with E-state index in [1.807, 2.05) is 18.2 Å². The second kappa shape index (κ2) is 6.24. The van der Waals surface area contributed by atoms with E-state index in [0.29, 0.717) is 6.10 Å². The van der Waals surface area contributed by atoms with Crippen LogP contribution in [-0.4, -0.2) is 32.3 Å². The zero-order valence-electron chi connectivity index (χ0n) is 10.1. The van der Waals surface area contributed by atoms with Crippen molar-refractivity contribution in [2.24, 2.45) is 0 Å². The molecule has 3 nitrogen and oxygen atoms in total. The molecule has 4 heteroatoms. The van der Waals surface area contributed by atoms with Crippen LogP contribution in [0.4, 0.5) is 5.69 Å². The summed E-state index contributed by atoms with van der Waals surface area (Å²) in [7, 11) is 0. The first-order chi connectivity index (χ1) is 8.25. The molecule has 1 saturated heterocycles. The molecule has 1 unspecified atom stereocenters. The van der Waals surface area contributed by atoms with Crippen molar-refractivity contribution in [1.29, 1.82) is 0 Å². The predicted molar refractivity (Wildman–Crippen MR) is 71.9 cm³/mol. The van der Waals surface area contributed by atoms with Gasteiger partial charge in [-0.25, -0.2) is 0 Å². The molecule has 1 aromatic carbocycles. The smallest absolute Gasteiger partial charge is 0.0716 e. The van der Waals surface area contributed by atoms with Crippen LogP contribution >= 0.6 is 11.6 Å². The Labute approximate surface area is 107 Å². The van der Waals surface area contributed by atoms with Crippen LogP contribution in [0, 0.1) is 6.92 Å². The molecule has 0 amide bonds. The van der Waals surface area contributed by atoms with Gasteiger partial charge in [-0.05, 0) is 31.0 Å². The predicted octanol–water partition coefficient (Wildman–Crippen LogP) is 2.44. The maximum Gasteiger partial charge on any atom is 0.0716 e. The number of rotatable bonds is 4. The van der Waals surface area contributed by atoms with Gasteiger partial charge in [-0.1, -0.05) is 17.7 Å². The van der Waals surface area contributed by atoms with Gasteiger partial charge in [-0.15, -0.1) is 0 Å². The Hall–Kier alpha value is -0.770. The van der Waals surface area contributed by atoms with Crippen molar-refractivity contribution in [2.75, 3.05) is 31.6 Å². The lowest BCUT2D eigenvalue weighted by molar-refractivity contribution is 0.0258. The molecule has 0 aromatic heterocycles. The number of nitrogens with one attached hydrogen (secondary N) is 2. The van der Waals surface area contributed by atoms with Gasteiger partial charge in [-0.3, -0.25) is 0 Å². The van der Waals surface area contributed by atoms with E-state index in [-0.39, 0.29) is 0 Å². The van der Waals surface area contributed by atoms with E-state index >= 15 is 0 Å². The van der Waals surface area contributed by atoms with Crippen LogP contribution in [0.25, 0.3) is 0 Å². The largest absolute Gasteiger partial charge is 0.385 e. The van der Waals surface area contributed by atoms with Crippen LogP contribution < -0.4 is 10.6 Å². The van der Waals surface area contributed by atoms with Gasteiger partial charge in [0.2, 0.25) is 0 Å². The Morgan fingerprint density at radius 1 is 1.53 bits per heavy atom. The zero-order chi connectivity index (χ0) is 12.1. The lowest BCUT2D eigenvalue weighted by Gasteiger charge is -2.23. The van der Waals surface area contributed by atoms with Gasteiger partial charge in [0.25, 0.3) is 0 Å². The Bertz CT molecular complexity index is 364. The van der Waals surface area contributed by atoms with E-state index in [9.17, 15) is 0 Å². The highest BCUT2D eigenvalue weighted by Crippen LogP contribution is 2.20. The van der Waals surface area contributed by atoms with Gasteiger partial charge in [0.1, 0.15) is 0 Å². The van der Waals surface area contributed by atoms with Gasteiger partial charge in [0.05, 0.1) is 12.7 Å². The third kappa shape index (κ3) is 3.87. The lowest BCUT2D eigenvalue weighted by Crippen LogP contribution is -2.39. The van der Waals surface area contributed by atoms with E-state index in [2.05, 4.69) is 17.6 Å². The monoisotopic (exact) mass is 254 g/mol. The second-order valence-corrected chi connectivity index (χ2v) is 4.81. The normalized spacial score (nSPS) is 20.2. The first-order valence-corrected chi connectivity index (χ1v) is 6.46. The van der Waals surface area contributed by atoms with Gasteiger partial charge in [-0.2, -0.15) is 0 Å². The molecule has 1 aliphatic rings. The van der Waals surface area contributed by atoms with Crippen LogP contribution in [0.1, 0.15) is 12.0 Å². The Balaban J connectivity index is 1.79. The molecule has 0 bridgehead atoms. The molecule has 1 heterocycles. The molecule has 1 aromatic rings. The van der Waals surface area contributed by atoms with Crippen molar-refractivity contribution in [3.63, 3.8) is 0 Å². The summed E-state index contributed by atoms with van der Waals surface area (Å²) in [4.78, 5) is 0. The number of anilines is 1. The number of hydrogen-bond acceptors (Lipinski definition) is 3. The van der Waals surface area contributed by atoms with Gasteiger partial charge >= 0.3 is 0 Å². The van der Waals surface area contributed by atoms with Crippen molar-refractivity contribution < 1.29 is 4.74 Å². The molecule has 0 saturated carbocycles. The average molecular weight is 255 g/mol. The summed E-state index contributed by atoms with van der Waals surface area (Å²) in [6.07, 6.45) is 1.34. The molecule has 0 aliphatic carbocycles. The molecular weight excluding hydrogens is 236 g/mol. The van der Waals surface area contributed by atoms with Crippen LogP contribution in [0.15, 0.2) is 18.2 Å². The minimum absolute atomic E-state index is 0.329. The summed E-state index contributed by atoms with van der Waals surface area (Å²) < 4.78 is 5.64. The third-order valence-corrected chi connectivity index (χ3v) is 3.22. The van der Waals surface area contributed by atoms with Gasteiger partial charge < -0.3 is 15.4 Å². The molecule has 2 rings (SSSR count). The molecule has 94 valence electrons. The topological polar surface area (TPSA) is 33.3 Å². The third-order valence-electron chi connectivity index (χ3n) is 2.99. The Morgan fingerprint density at radius 3 is 3.18 bits per heavy atom. The fourth-order valence-electron chi connectivity index (χ4n) is 1.96. The van der Waals surface area contributed by atoms with E-state index in [0.717, 1.165) is 43.4 Å². The van der Waals surface area contributed by atoms with E-state index < -0.39 is 0 Å². The molecule has 0 radical (unpaired) electrons. The number of aryl methyl sites for hydroxylation is 1. The van der Waals surface area contributed by atoms with Crippen molar-refractivity contribution in [3.8, 4) is 0 Å². The highest BCUT2D eigenvalue weighted by Gasteiger charge is 2.12. The molecular formula is C13H19ClN2O. The number of hydrogen-bond donors (Lipinski definition) is 2. The summed E-state index contributed by atoms with van der Waals surface area (Å²) in [5, 5.41) is 7.51. The average Bonchev–Trinajstić information content (AvgIpc) is 2.35. The molecule has 1 fully saturated rings. The summed E-state index contributed by atoms with van der Waals surface area (Å²) >= 11 is 5.97. The summed E-state index contributed by atoms with van der Waals surface area (Å²) in [5.41, 5.74) is 2.33. The molecule has 1 aliphatic heterocycles.